The molecule has 3 aromatic rings. The molecule has 7 nitrogen and oxygen atoms in total. The minimum atomic E-state index is -2.49. The third-order valence-corrected chi connectivity index (χ3v) is 8.73. The van der Waals surface area contributed by atoms with E-state index < -0.39 is 19.4 Å². The van der Waals surface area contributed by atoms with Gasteiger partial charge in [0, 0.05) is 22.6 Å². The molecule has 0 fully saturated rings. The Morgan fingerprint density at radius 2 is 1.12 bits per heavy atom. The van der Waals surface area contributed by atoms with E-state index in [2.05, 4.69) is 27.7 Å². The first kappa shape index (κ1) is 31.0. The zero-order valence-corrected chi connectivity index (χ0v) is 25.5. The topological polar surface area (TPSA) is 88.1 Å². The van der Waals surface area contributed by atoms with E-state index in [1.54, 1.807) is 54.6 Å². The Morgan fingerprint density at radius 3 is 1.55 bits per heavy atom. The molecule has 0 aliphatic carbocycles. The van der Waals surface area contributed by atoms with E-state index in [0.717, 1.165) is 6.42 Å². The number of hydrogen-bond donors (Lipinski definition) is 0. The fraction of sp³-hybridized carbons (Fsp3) is 0.375. The molecule has 2 atom stereocenters. The zero-order valence-electron chi connectivity index (χ0n) is 24.5. The standard InChI is InChI=1S/C32H39O7P/c1-20(18-32(2,3)4)19-40(35)26-17-9-12-21(30(33)28-22(36-5)13-10-14-23(28)37-6)27(26)31(34)29-24(38-7)15-11-16-25(29)39-8/h9-17,20,40H,18-19H2,1-8H3. The number of hydrogen-bond acceptors (Lipinski definition) is 7. The quantitative estimate of drug-likeness (QED) is 0.184. The number of carbonyl (C=O) groups is 2. The van der Waals surface area contributed by atoms with Gasteiger partial charge >= 0.3 is 0 Å². The molecule has 0 spiro atoms. The van der Waals surface area contributed by atoms with E-state index in [-0.39, 0.29) is 45.1 Å². The second-order valence-corrected chi connectivity index (χ2v) is 12.8. The van der Waals surface area contributed by atoms with Gasteiger partial charge in [-0.05, 0) is 42.0 Å². The summed E-state index contributed by atoms with van der Waals surface area (Å²) in [6.45, 7) is 8.49. The lowest BCUT2D eigenvalue weighted by Gasteiger charge is -2.23. The maximum absolute atomic E-state index is 14.4. The highest BCUT2D eigenvalue weighted by Crippen LogP contribution is 2.38. The SMILES string of the molecule is COc1cccc(OC)c1C(=O)c1cccc([PH](=O)CC(C)CC(C)(C)C)c1C(=O)c1c(OC)cccc1OC. The van der Waals surface area contributed by atoms with Crippen LogP contribution in [-0.4, -0.2) is 46.2 Å². The molecule has 8 heteroatoms. The van der Waals surface area contributed by atoms with E-state index in [0.29, 0.717) is 23.0 Å². The van der Waals surface area contributed by atoms with Gasteiger partial charge in [-0.3, -0.25) is 9.59 Å². The van der Waals surface area contributed by atoms with Crippen molar-refractivity contribution in [3.05, 3.63) is 76.9 Å². The van der Waals surface area contributed by atoms with Crippen molar-refractivity contribution in [3.63, 3.8) is 0 Å². The van der Waals surface area contributed by atoms with Crippen molar-refractivity contribution < 1.29 is 33.1 Å². The molecule has 3 rings (SSSR count). The molecule has 0 N–H and O–H groups in total. The summed E-state index contributed by atoms with van der Waals surface area (Å²) in [5.41, 5.74) is 0.545. The van der Waals surface area contributed by atoms with Crippen molar-refractivity contribution in [1.82, 2.24) is 0 Å². The number of rotatable bonds is 12. The molecule has 0 saturated heterocycles. The van der Waals surface area contributed by atoms with Crippen molar-refractivity contribution in [1.29, 1.82) is 0 Å². The van der Waals surface area contributed by atoms with Crippen molar-refractivity contribution in [2.24, 2.45) is 11.3 Å². The van der Waals surface area contributed by atoms with Crippen LogP contribution in [0.2, 0.25) is 0 Å². The molecule has 0 aliphatic heterocycles. The molecule has 214 valence electrons. The monoisotopic (exact) mass is 566 g/mol. The van der Waals surface area contributed by atoms with Gasteiger partial charge in [-0.25, -0.2) is 0 Å². The maximum atomic E-state index is 14.4. The molecule has 3 aromatic carbocycles. The summed E-state index contributed by atoms with van der Waals surface area (Å²) in [4.78, 5) is 28.6. The largest absolute Gasteiger partial charge is 0.496 e. The van der Waals surface area contributed by atoms with Crippen molar-refractivity contribution >= 4 is 24.7 Å². The van der Waals surface area contributed by atoms with Crippen molar-refractivity contribution in [3.8, 4) is 23.0 Å². The molecule has 0 heterocycles. The van der Waals surface area contributed by atoms with Crippen molar-refractivity contribution in [2.45, 2.75) is 34.1 Å². The van der Waals surface area contributed by atoms with E-state index >= 15 is 0 Å². The molecule has 0 bridgehead atoms. The number of benzene rings is 3. The van der Waals surface area contributed by atoms with Crippen LogP contribution in [0.4, 0.5) is 0 Å². The van der Waals surface area contributed by atoms with Crippen LogP contribution >= 0.6 is 7.80 Å². The molecule has 40 heavy (non-hydrogen) atoms. The van der Waals surface area contributed by atoms with Gasteiger partial charge in [0.1, 0.15) is 41.9 Å². The van der Waals surface area contributed by atoms with Crippen LogP contribution in [0.25, 0.3) is 0 Å². The minimum absolute atomic E-state index is 0.0587. The lowest BCUT2D eigenvalue weighted by molar-refractivity contribution is 0.0997. The summed E-state index contributed by atoms with van der Waals surface area (Å²) in [5.74, 6) is 0.323. The van der Waals surface area contributed by atoms with Gasteiger partial charge in [-0.2, -0.15) is 0 Å². The molecule has 0 radical (unpaired) electrons. The van der Waals surface area contributed by atoms with Crippen LogP contribution in [0, 0.1) is 11.3 Å². The first-order chi connectivity index (χ1) is 19.0. The number of methoxy groups -OCH3 is 4. The third-order valence-electron chi connectivity index (χ3n) is 6.64. The first-order valence-electron chi connectivity index (χ1n) is 13.1. The van der Waals surface area contributed by atoms with Crippen LogP contribution in [0.15, 0.2) is 54.6 Å². The molecule has 2 unspecified atom stereocenters. The Labute approximate surface area is 237 Å². The van der Waals surface area contributed by atoms with E-state index in [1.165, 1.54) is 28.4 Å². The number of ether oxygens (including phenoxy) is 4. The van der Waals surface area contributed by atoms with Crippen LogP contribution in [-0.2, 0) is 4.57 Å². The van der Waals surface area contributed by atoms with Crippen LogP contribution < -0.4 is 24.3 Å². The fourth-order valence-electron chi connectivity index (χ4n) is 5.17. The van der Waals surface area contributed by atoms with Gasteiger partial charge in [0.05, 0.1) is 28.4 Å². The molecule has 0 aromatic heterocycles. The summed E-state index contributed by atoms with van der Waals surface area (Å²) in [5, 5.41) is 0.350. The summed E-state index contributed by atoms with van der Waals surface area (Å²) in [6, 6.07) is 14.9. The molecule has 0 aliphatic rings. The summed E-state index contributed by atoms with van der Waals surface area (Å²) >= 11 is 0. The van der Waals surface area contributed by atoms with Gasteiger partial charge in [0.25, 0.3) is 0 Å². The average Bonchev–Trinajstić information content (AvgIpc) is 2.93. The lowest BCUT2D eigenvalue weighted by Crippen LogP contribution is -2.23. The predicted molar refractivity (Wildman–Crippen MR) is 159 cm³/mol. The van der Waals surface area contributed by atoms with Gasteiger partial charge < -0.3 is 23.5 Å². The van der Waals surface area contributed by atoms with Gasteiger partial charge in [-0.15, -0.1) is 0 Å². The maximum Gasteiger partial charge on any atom is 0.202 e. The normalized spacial score (nSPS) is 12.8. The Hall–Kier alpha value is -3.57. The van der Waals surface area contributed by atoms with Gasteiger partial charge in [-0.1, -0.05) is 58.0 Å². The van der Waals surface area contributed by atoms with Gasteiger partial charge in [0.15, 0.2) is 0 Å². The smallest absolute Gasteiger partial charge is 0.202 e. The fourth-order valence-corrected chi connectivity index (χ4v) is 6.98. The second kappa shape index (κ2) is 13.2. The zero-order chi connectivity index (χ0) is 29.6. The number of carbonyl (C=O) groups excluding carboxylic acids is 2. The Balaban J connectivity index is 2.29. The highest BCUT2D eigenvalue weighted by atomic mass is 31.1. The summed E-state index contributed by atoms with van der Waals surface area (Å²) in [6.07, 6.45) is 1.27. The lowest BCUT2D eigenvalue weighted by atomic mass is 9.86. The minimum Gasteiger partial charge on any atom is -0.496 e. The van der Waals surface area contributed by atoms with Crippen LogP contribution in [0.3, 0.4) is 0 Å². The first-order valence-corrected chi connectivity index (χ1v) is 14.8. The highest BCUT2D eigenvalue weighted by molar-refractivity contribution is 7.53. The highest BCUT2D eigenvalue weighted by Gasteiger charge is 2.31. The molecular weight excluding hydrogens is 527 g/mol. The molecule has 0 amide bonds. The molecule has 0 saturated carbocycles. The molecular formula is C32H39O7P. The van der Waals surface area contributed by atoms with E-state index in [4.69, 9.17) is 18.9 Å². The Kier molecular flexibility index (Phi) is 10.2. The number of ketones is 2. The van der Waals surface area contributed by atoms with E-state index in [1.807, 2.05) is 0 Å². The summed E-state index contributed by atoms with van der Waals surface area (Å²) in [7, 11) is 3.35. The van der Waals surface area contributed by atoms with Crippen LogP contribution in [0.5, 0.6) is 23.0 Å². The van der Waals surface area contributed by atoms with Gasteiger partial charge in [0.2, 0.25) is 11.6 Å². The van der Waals surface area contributed by atoms with E-state index in [9.17, 15) is 14.2 Å². The second-order valence-electron chi connectivity index (χ2n) is 11.0. The Morgan fingerprint density at radius 1 is 0.700 bits per heavy atom. The van der Waals surface area contributed by atoms with Crippen LogP contribution in [0.1, 0.15) is 66.0 Å². The Bertz CT molecular complexity index is 1360. The van der Waals surface area contributed by atoms with Crippen molar-refractivity contribution in [2.75, 3.05) is 34.6 Å². The predicted octanol–water partition coefficient (Wildman–Crippen LogP) is 6.44. The average molecular weight is 567 g/mol. The summed E-state index contributed by atoms with van der Waals surface area (Å²) < 4.78 is 36.0. The third kappa shape index (κ3) is 6.76.